The maximum atomic E-state index is 13.7. The fourth-order valence-electron chi connectivity index (χ4n) is 1.57. The van der Waals surface area contributed by atoms with Crippen molar-refractivity contribution in [2.75, 3.05) is 0 Å². The molecule has 4 nitrogen and oxygen atoms in total. The summed E-state index contributed by atoms with van der Waals surface area (Å²) in [6.45, 7) is 0. The molecule has 0 amide bonds. The molecule has 0 fully saturated rings. The Hall–Kier alpha value is -2.21. The van der Waals surface area contributed by atoms with Crippen LogP contribution in [0.15, 0.2) is 63.2 Å². The zero-order valence-electron chi connectivity index (χ0n) is 10.4. The van der Waals surface area contributed by atoms with E-state index in [9.17, 15) is 4.39 Å². The van der Waals surface area contributed by atoms with E-state index in [4.69, 9.17) is 11.5 Å². The van der Waals surface area contributed by atoms with Crippen LogP contribution in [0.4, 0.5) is 4.39 Å². The predicted octanol–water partition coefficient (Wildman–Crippen LogP) is 2.61. The lowest BCUT2D eigenvalue weighted by Crippen LogP contribution is -2.17. The van der Waals surface area contributed by atoms with Gasteiger partial charge in [-0.3, -0.25) is 0 Å². The Balaban J connectivity index is 2.32. The highest BCUT2D eigenvalue weighted by molar-refractivity contribution is 9.10. The van der Waals surface area contributed by atoms with Crippen molar-refractivity contribution in [3.63, 3.8) is 0 Å². The van der Waals surface area contributed by atoms with Crippen LogP contribution in [-0.4, -0.2) is 11.7 Å². The summed E-state index contributed by atoms with van der Waals surface area (Å²) >= 11 is 3.22. The highest BCUT2D eigenvalue weighted by atomic mass is 79.9. The van der Waals surface area contributed by atoms with Crippen molar-refractivity contribution in [1.82, 2.24) is 0 Å². The van der Waals surface area contributed by atoms with Crippen molar-refractivity contribution < 1.29 is 4.39 Å². The monoisotopic (exact) mass is 334 g/mol. The average Bonchev–Trinajstić information content (AvgIpc) is 2.45. The quantitative estimate of drug-likeness (QED) is 0.514. The summed E-state index contributed by atoms with van der Waals surface area (Å²) in [7, 11) is 0. The molecular weight excluding hydrogens is 323 g/mol. The van der Waals surface area contributed by atoms with Crippen LogP contribution < -0.4 is 11.5 Å². The smallest absolute Gasteiger partial charge is 0.157 e. The molecule has 0 atom stereocenters. The van der Waals surface area contributed by atoms with Crippen LogP contribution in [0, 0.1) is 5.82 Å². The molecule has 0 bridgehead atoms. The minimum absolute atomic E-state index is 0.0474. The van der Waals surface area contributed by atoms with Crippen LogP contribution in [-0.2, 0) is 0 Å². The molecule has 0 spiro atoms. The molecule has 0 aliphatic heterocycles. The first kappa shape index (κ1) is 14.2. The van der Waals surface area contributed by atoms with E-state index in [1.165, 1.54) is 6.07 Å². The van der Waals surface area contributed by atoms with E-state index in [0.717, 1.165) is 5.56 Å². The number of benzene rings is 2. The molecule has 2 rings (SSSR count). The number of hydrogen-bond donors (Lipinski definition) is 2. The molecule has 20 heavy (non-hydrogen) atoms. The van der Waals surface area contributed by atoms with Gasteiger partial charge >= 0.3 is 0 Å². The molecule has 0 saturated heterocycles. The standard InChI is InChI=1S/C14H12BrFN4/c15-10-7-4-8-11(16)12(10)14(18)20-19-13(17)9-5-2-1-3-6-9/h1-8H,(H2,17,19)(H2,18,20). The Labute approximate surface area is 124 Å². The first-order valence-corrected chi connectivity index (χ1v) is 6.55. The largest absolute Gasteiger partial charge is 0.382 e. The van der Waals surface area contributed by atoms with Gasteiger partial charge in [-0.1, -0.05) is 36.4 Å². The van der Waals surface area contributed by atoms with Crippen molar-refractivity contribution in [3.8, 4) is 0 Å². The Bertz CT molecular complexity index is 648. The highest BCUT2D eigenvalue weighted by Gasteiger charge is 2.10. The number of rotatable bonds is 3. The fraction of sp³-hybridized carbons (Fsp3) is 0. The van der Waals surface area contributed by atoms with Crippen molar-refractivity contribution in [2.24, 2.45) is 21.7 Å². The highest BCUT2D eigenvalue weighted by Crippen LogP contribution is 2.19. The van der Waals surface area contributed by atoms with Crippen LogP contribution in [0.25, 0.3) is 0 Å². The summed E-state index contributed by atoms with van der Waals surface area (Å²) in [5.74, 6) is -0.316. The number of hydrogen-bond acceptors (Lipinski definition) is 2. The van der Waals surface area contributed by atoms with Crippen LogP contribution in [0.1, 0.15) is 11.1 Å². The van der Waals surface area contributed by atoms with Gasteiger partial charge in [0, 0.05) is 10.0 Å². The molecular formula is C14H12BrFN4. The SMILES string of the molecule is N/C(=N\N=C(/N)c1c(F)cccc1Br)c1ccccc1. The first-order chi connectivity index (χ1) is 9.59. The third kappa shape index (κ3) is 3.21. The van der Waals surface area contributed by atoms with Crippen LogP contribution in [0.3, 0.4) is 0 Å². The molecule has 0 aliphatic carbocycles. The molecule has 0 saturated carbocycles. The third-order valence-electron chi connectivity index (χ3n) is 2.55. The van der Waals surface area contributed by atoms with Crippen molar-refractivity contribution >= 4 is 27.6 Å². The zero-order chi connectivity index (χ0) is 14.5. The summed E-state index contributed by atoms with van der Waals surface area (Å²) in [5.41, 5.74) is 12.4. The third-order valence-corrected chi connectivity index (χ3v) is 3.21. The Morgan fingerprint density at radius 2 is 1.55 bits per heavy atom. The van der Waals surface area contributed by atoms with Gasteiger partial charge in [-0.25, -0.2) is 4.39 Å². The number of nitrogens with two attached hydrogens (primary N) is 2. The summed E-state index contributed by atoms with van der Waals surface area (Å²) < 4.78 is 14.2. The van der Waals surface area contributed by atoms with Gasteiger partial charge in [0.05, 0.1) is 5.56 Å². The molecule has 2 aromatic carbocycles. The number of amidine groups is 2. The van der Waals surface area contributed by atoms with E-state index >= 15 is 0 Å². The van der Waals surface area contributed by atoms with Gasteiger partial charge in [0.15, 0.2) is 11.7 Å². The normalized spacial score (nSPS) is 12.5. The lowest BCUT2D eigenvalue weighted by atomic mass is 10.2. The van der Waals surface area contributed by atoms with Crippen molar-refractivity contribution in [1.29, 1.82) is 0 Å². The first-order valence-electron chi connectivity index (χ1n) is 5.76. The van der Waals surface area contributed by atoms with Gasteiger partial charge in [0.1, 0.15) is 5.82 Å². The number of halogens is 2. The summed E-state index contributed by atoms with van der Waals surface area (Å²) in [5, 5.41) is 7.60. The van der Waals surface area contributed by atoms with E-state index < -0.39 is 5.82 Å². The second-order valence-corrected chi connectivity index (χ2v) is 4.79. The predicted molar refractivity (Wildman–Crippen MR) is 82.0 cm³/mol. The maximum Gasteiger partial charge on any atom is 0.157 e. The van der Waals surface area contributed by atoms with E-state index in [1.54, 1.807) is 24.3 Å². The van der Waals surface area contributed by atoms with Gasteiger partial charge in [-0.05, 0) is 28.1 Å². The molecule has 2 aromatic rings. The molecule has 0 radical (unpaired) electrons. The van der Waals surface area contributed by atoms with Crippen LogP contribution in [0.5, 0.6) is 0 Å². The Kier molecular flexibility index (Phi) is 4.47. The lowest BCUT2D eigenvalue weighted by molar-refractivity contribution is 0.624. The molecule has 4 N–H and O–H groups in total. The van der Waals surface area contributed by atoms with Crippen molar-refractivity contribution in [2.45, 2.75) is 0 Å². The van der Waals surface area contributed by atoms with Gasteiger partial charge < -0.3 is 11.5 Å². The van der Waals surface area contributed by atoms with Gasteiger partial charge in [0.25, 0.3) is 0 Å². The molecule has 102 valence electrons. The molecule has 0 unspecified atom stereocenters. The van der Waals surface area contributed by atoms with Gasteiger partial charge in [-0.2, -0.15) is 0 Å². The second kappa shape index (κ2) is 6.29. The van der Waals surface area contributed by atoms with Crippen LogP contribution in [0.2, 0.25) is 0 Å². The minimum Gasteiger partial charge on any atom is -0.382 e. The summed E-state index contributed by atoms with van der Waals surface area (Å²) in [6.07, 6.45) is 0. The molecule has 0 heterocycles. The average molecular weight is 335 g/mol. The second-order valence-electron chi connectivity index (χ2n) is 3.93. The fourth-order valence-corrected chi connectivity index (χ4v) is 2.11. The lowest BCUT2D eigenvalue weighted by Gasteiger charge is -2.04. The van der Waals surface area contributed by atoms with E-state index in [0.29, 0.717) is 4.47 Å². The van der Waals surface area contributed by atoms with E-state index in [-0.39, 0.29) is 17.2 Å². The zero-order valence-corrected chi connectivity index (χ0v) is 12.0. The number of nitrogens with zero attached hydrogens (tertiary/aromatic N) is 2. The summed E-state index contributed by atoms with van der Waals surface area (Å²) in [6, 6.07) is 13.7. The Morgan fingerprint density at radius 1 is 0.900 bits per heavy atom. The topological polar surface area (TPSA) is 76.8 Å². The van der Waals surface area contributed by atoms with E-state index in [1.807, 2.05) is 18.2 Å². The molecule has 0 aliphatic rings. The van der Waals surface area contributed by atoms with E-state index in [2.05, 4.69) is 26.1 Å². The molecule has 6 heteroatoms. The maximum absolute atomic E-state index is 13.7. The van der Waals surface area contributed by atoms with Crippen molar-refractivity contribution in [3.05, 3.63) is 69.9 Å². The summed E-state index contributed by atoms with van der Waals surface area (Å²) in [4.78, 5) is 0. The van der Waals surface area contributed by atoms with Crippen LogP contribution >= 0.6 is 15.9 Å². The van der Waals surface area contributed by atoms with Gasteiger partial charge in [0.2, 0.25) is 0 Å². The Morgan fingerprint density at radius 3 is 2.20 bits per heavy atom. The molecule has 0 aromatic heterocycles. The van der Waals surface area contributed by atoms with Gasteiger partial charge in [-0.15, -0.1) is 10.2 Å². The minimum atomic E-state index is -0.478.